The van der Waals surface area contributed by atoms with Crippen molar-refractivity contribution < 1.29 is 19.1 Å². The number of aromatic nitrogens is 3. The van der Waals surface area contributed by atoms with E-state index in [0.717, 1.165) is 0 Å². The quantitative estimate of drug-likeness (QED) is 0.483. The second-order valence-electron chi connectivity index (χ2n) is 6.81. The van der Waals surface area contributed by atoms with Crippen LogP contribution in [0.3, 0.4) is 0 Å². The molecular weight excluding hydrogens is 396 g/mol. The molecule has 1 unspecified atom stereocenters. The van der Waals surface area contributed by atoms with E-state index >= 15 is 0 Å². The summed E-state index contributed by atoms with van der Waals surface area (Å²) in [5.74, 6) is 0.213. The number of ether oxygens (including phenoxy) is 2. The fraction of sp³-hybridized carbons (Fsp3) is 0.130. The first-order valence-electron chi connectivity index (χ1n) is 9.57. The van der Waals surface area contributed by atoms with Gasteiger partial charge in [-0.1, -0.05) is 30.3 Å². The molecule has 1 amide bonds. The normalized spacial score (nSPS) is 11.7. The Morgan fingerprint density at radius 2 is 1.71 bits per heavy atom. The molecule has 8 nitrogen and oxygen atoms in total. The van der Waals surface area contributed by atoms with Gasteiger partial charge in [0.05, 0.1) is 12.7 Å². The molecule has 0 spiro atoms. The fourth-order valence-electron chi connectivity index (χ4n) is 3.08. The van der Waals surface area contributed by atoms with E-state index in [1.807, 2.05) is 6.07 Å². The molecule has 0 saturated heterocycles. The highest BCUT2D eigenvalue weighted by Gasteiger charge is 2.26. The lowest BCUT2D eigenvalue weighted by molar-refractivity contribution is -0.125. The number of hydrogen-bond donors (Lipinski definition) is 1. The van der Waals surface area contributed by atoms with Crippen molar-refractivity contribution in [2.24, 2.45) is 0 Å². The van der Waals surface area contributed by atoms with Crippen LogP contribution in [0.5, 0.6) is 5.75 Å². The Morgan fingerprint density at radius 1 is 0.968 bits per heavy atom. The Balaban J connectivity index is 1.58. The minimum Gasteiger partial charge on any atom is -0.497 e. The number of methoxy groups -OCH3 is 1. The molecule has 156 valence electrons. The van der Waals surface area contributed by atoms with Crippen LogP contribution in [0.4, 0.5) is 5.69 Å². The molecule has 0 aliphatic heterocycles. The number of carbonyl (C=O) groups excluding carboxylic acids is 2. The number of aryl methyl sites for hydroxylation is 1. The van der Waals surface area contributed by atoms with E-state index in [9.17, 15) is 9.59 Å². The highest BCUT2D eigenvalue weighted by atomic mass is 16.5. The monoisotopic (exact) mass is 416 g/mol. The average molecular weight is 416 g/mol. The molecule has 2 heterocycles. The van der Waals surface area contributed by atoms with Gasteiger partial charge in [0.15, 0.2) is 5.65 Å². The second kappa shape index (κ2) is 8.66. The first kappa shape index (κ1) is 20.1. The molecule has 2 aromatic carbocycles. The second-order valence-corrected chi connectivity index (χ2v) is 6.81. The van der Waals surface area contributed by atoms with Crippen molar-refractivity contribution in [3.8, 4) is 5.75 Å². The van der Waals surface area contributed by atoms with Crippen LogP contribution < -0.4 is 10.1 Å². The van der Waals surface area contributed by atoms with Gasteiger partial charge in [-0.2, -0.15) is 0 Å². The third kappa shape index (κ3) is 4.37. The smallest absolute Gasteiger partial charge is 0.340 e. The zero-order valence-corrected chi connectivity index (χ0v) is 17.0. The zero-order valence-electron chi connectivity index (χ0n) is 17.0. The molecule has 1 N–H and O–H groups in total. The topological polar surface area (TPSA) is 94.8 Å². The number of anilines is 1. The molecule has 0 bridgehead atoms. The summed E-state index contributed by atoms with van der Waals surface area (Å²) < 4.78 is 12.5. The Morgan fingerprint density at radius 3 is 2.42 bits per heavy atom. The van der Waals surface area contributed by atoms with Crippen LogP contribution in [0.15, 0.2) is 72.9 Å². The molecule has 1 atom stereocenters. The van der Waals surface area contributed by atoms with Gasteiger partial charge in [0.2, 0.25) is 6.10 Å². The van der Waals surface area contributed by atoms with Crippen molar-refractivity contribution in [3.05, 3.63) is 89.9 Å². The highest BCUT2D eigenvalue weighted by molar-refractivity contribution is 5.98. The minimum absolute atomic E-state index is 0.286. The molecule has 0 radical (unpaired) electrons. The molecule has 4 rings (SSSR count). The molecule has 0 saturated carbocycles. The molecule has 4 aromatic rings. The summed E-state index contributed by atoms with van der Waals surface area (Å²) in [5, 5.41) is 10.8. The first-order chi connectivity index (χ1) is 15.0. The largest absolute Gasteiger partial charge is 0.497 e. The van der Waals surface area contributed by atoms with Crippen LogP contribution in [-0.4, -0.2) is 33.6 Å². The molecule has 2 aromatic heterocycles. The predicted octanol–water partition coefficient (Wildman–Crippen LogP) is 3.58. The van der Waals surface area contributed by atoms with Gasteiger partial charge in [-0.3, -0.25) is 9.20 Å². The van der Waals surface area contributed by atoms with E-state index in [1.54, 1.807) is 85.3 Å². The predicted molar refractivity (Wildman–Crippen MR) is 114 cm³/mol. The third-order valence-corrected chi connectivity index (χ3v) is 4.73. The maximum atomic E-state index is 13.0. The lowest BCUT2D eigenvalue weighted by atomic mass is 10.1. The standard InChI is InChI=1S/C23H20N4O4/c1-15-25-26-20-13-8-17(14-27(15)20)23(29)31-21(16-6-4-3-5-7-16)22(28)24-18-9-11-19(30-2)12-10-18/h3-14,21H,1-2H3,(H,24,28). The van der Waals surface area contributed by atoms with Gasteiger partial charge in [0.25, 0.3) is 5.91 Å². The van der Waals surface area contributed by atoms with E-state index in [-0.39, 0.29) is 5.56 Å². The maximum Gasteiger partial charge on any atom is 0.340 e. The van der Waals surface area contributed by atoms with Gasteiger partial charge < -0.3 is 14.8 Å². The number of nitrogens with zero attached hydrogens (tertiary/aromatic N) is 3. The number of rotatable bonds is 6. The highest BCUT2D eigenvalue weighted by Crippen LogP contribution is 2.23. The summed E-state index contributed by atoms with van der Waals surface area (Å²) in [5.41, 5.74) is 2.02. The summed E-state index contributed by atoms with van der Waals surface area (Å²) in [6.07, 6.45) is 0.463. The van der Waals surface area contributed by atoms with E-state index in [4.69, 9.17) is 9.47 Å². The number of nitrogens with one attached hydrogen (secondary N) is 1. The Bertz CT molecular complexity index is 1220. The molecule has 0 fully saturated rings. The van der Waals surface area contributed by atoms with Crippen molar-refractivity contribution in [3.63, 3.8) is 0 Å². The molecule has 31 heavy (non-hydrogen) atoms. The summed E-state index contributed by atoms with van der Waals surface area (Å²) in [6.45, 7) is 1.78. The number of carbonyl (C=O) groups is 2. The maximum absolute atomic E-state index is 13.0. The molecule has 8 heteroatoms. The summed E-state index contributed by atoms with van der Waals surface area (Å²) in [6, 6.07) is 19.0. The van der Waals surface area contributed by atoms with Gasteiger partial charge in [-0.05, 0) is 43.3 Å². The van der Waals surface area contributed by atoms with Crippen molar-refractivity contribution >= 4 is 23.2 Å². The number of pyridine rings is 1. The third-order valence-electron chi connectivity index (χ3n) is 4.73. The van der Waals surface area contributed by atoms with Gasteiger partial charge in [0, 0.05) is 17.4 Å². The molecular formula is C23H20N4O4. The summed E-state index contributed by atoms with van der Waals surface area (Å²) >= 11 is 0. The number of benzene rings is 2. The van der Waals surface area contributed by atoms with Crippen molar-refractivity contribution in [1.29, 1.82) is 0 Å². The van der Waals surface area contributed by atoms with Crippen LogP contribution in [0.2, 0.25) is 0 Å². The van der Waals surface area contributed by atoms with E-state index < -0.39 is 18.0 Å². The number of esters is 1. The van der Waals surface area contributed by atoms with Crippen molar-refractivity contribution in [2.45, 2.75) is 13.0 Å². The number of hydrogen-bond acceptors (Lipinski definition) is 6. The summed E-state index contributed by atoms with van der Waals surface area (Å²) in [4.78, 5) is 25.9. The van der Waals surface area contributed by atoms with Gasteiger partial charge in [-0.15, -0.1) is 10.2 Å². The fourth-order valence-corrected chi connectivity index (χ4v) is 3.08. The van der Waals surface area contributed by atoms with Crippen LogP contribution >= 0.6 is 0 Å². The Labute approximate surface area is 178 Å². The van der Waals surface area contributed by atoms with Crippen LogP contribution in [-0.2, 0) is 9.53 Å². The van der Waals surface area contributed by atoms with Crippen LogP contribution in [0.25, 0.3) is 5.65 Å². The number of amides is 1. The van der Waals surface area contributed by atoms with Gasteiger partial charge in [0.1, 0.15) is 11.6 Å². The van der Waals surface area contributed by atoms with Crippen molar-refractivity contribution in [2.75, 3.05) is 12.4 Å². The molecule has 0 aliphatic rings. The molecule has 0 aliphatic carbocycles. The zero-order chi connectivity index (χ0) is 21.8. The van der Waals surface area contributed by atoms with Crippen LogP contribution in [0.1, 0.15) is 27.8 Å². The summed E-state index contributed by atoms with van der Waals surface area (Å²) in [7, 11) is 1.57. The average Bonchev–Trinajstić information content (AvgIpc) is 3.18. The Hall–Kier alpha value is -4.20. The SMILES string of the molecule is COc1ccc(NC(=O)C(OC(=O)c2ccc3nnc(C)n3c2)c2ccccc2)cc1. The number of fused-ring (bicyclic) bond motifs is 1. The minimum atomic E-state index is -1.13. The van der Waals surface area contributed by atoms with Gasteiger partial charge >= 0.3 is 5.97 Å². The van der Waals surface area contributed by atoms with E-state index in [2.05, 4.69) is 15.5 Å². The Kier molecular flexibility index (Phi) is 5.61. The van der Waals surface area contributed by atoms with Crippen molar-refractivity contribution in [1.82, 2.24) is 14.6 Å². The van der Waals surface area contributed by atoms with Gasteiger partial charge in [-0.25, -0.2) is 4.79 Å². The van der Waals surface area contributed by atoms with E-state index in [1.165, 1.54) is 0 Å². The van der Waals surface area contributed by atoms with Crippen LogP contribution in [0, 0.1) is 6.92 Å². The lowest BCUT2D eigenvalue weighted by Gasteiger charge is -2.18. The van der Waals surface area contributed by atoms with E-state index in [0.29, 0.717) is 28.5 Å². The lowest BCUT2D eigenvalue weighted by Crippen LogP contribution is -2.26. The first-order valence-corrected chi connectivity index (χ1v) is 9.57.